The lowest BCUT2D eigenvalue weighted by atomic mass is 10.2. The molecule has 6 nitrogen and oxygen atoms in total. The van der Waals surface area contributed by atoms with E-state index in [0.29, 0.717) is 17.1 Å². The van der Waals surface area contributed by atoms with Crippen LogP contribution in [0.5, 0.6) is 0 Å². The van der Waals surface area contributed by atoms with E-state index in [2.05, 4.69) is 31.3 Å². The second-order valence-corrected chi connectivity index (χ2v) is 7.60. The molecule has 23 heavy (non-hydrogen) atoms. The molecule has 0 aliphatic heterocycles. The molecule has 2 amide bonds. The summed E-state index contributed by atoms with van der Waals surface area (Å²) in [5, 5.41) is 5.40. The smallest absolute Gasteiger partial charge is 0.308 e. The summed E-state index contributed by atoms with van der Waals surface area (Å²) < 4.78 is 25.6. The molecular weight excluding hydrogens is 382 g/mol. The summed E-state index contributed by atoms with van der Waals surface area (Å²) in [7, 11) is -3.31. The second kappa shape index (κ2) is 7.01. The zero-order valence-electron chi connectivity index (χ0n) is 12.6. The Hall–Kier alpha value is -2.06. The van der Waals surface area contributed by atoms with E-state index in [4.69, 9.17) is 0 Å². The third-order valence-electron chi connectivity index (χ3n) is 2.86. The SMILES string of the molecule is Cc1cc(NC(=O)Nc2ccc(NS(C)(=O)=O)cc2)ccc1Br. The molecule has 0 aromatic heterocycles. The summed E-state index contributed by atoms with van der Waals surface area (Å²) in [5.41, 5.74) is 2.68. The van der Waals surface area contributed by atoms with E-state index < -0.39 is 10.0 Å². The van der Waals surface area contributed by atoms with E-state index >= 15 is 0 Å². The highest BCUT2D eigenvalue weighted by molar-refractivity contribution is 9.10. The highest BCUT2D eigenvalue weighted by atomic mass is 79.9. The Morgan fingerprint density at radius 3 is 2.04 bits per heavy atom. The van der Waals surface area contributed by atoms with E-state index in [1.54, 1.807) is 30.3 Å². The molecule has 0 aliphatic rings. The summed E-state index contributed by atoms with van der Waals surface area (Å²) in [5.74, 6) is 0. The van der Waals surface area contributed by atoms with Crippen LogP contribution in [-0.4, -0.2) is 20.7 Å². The van der Waals surface area contributed by atoms with Crippen molar-refractivity contribution in [2.75, 3.05) is 21.6 Å². The van der Waals surface area contributed by atoms with Crippen molar-refractivity contribution < 1.29 is 13.2 Å². The molecule has 0 saturated carbocycles. The van der Waals surface area contributed by atoms with Gasteiger partial charge < -0.3 is 10.6 Å². The van der Waals surface area contributed by atoms with Gasteiger partial charge in [0.1, 0.15) is 0 Å². The van der Waals surface area contributed by atoms with Crippen LogP contribution in [0.25, 0.3) is 0 Å². The monoisotopic (exact) mass is 397 g/mol. The summed E-state index contributed by atoms with van der Waals surface area (Å²) in [6.45, 7) is 1.93. The normalized spacial score (nSPS) is 10.9. The minimum Gasteiger partial charge on any atom is -0.308 e. The average Bonchev–Trinajstić information content (AvgIpc) is 2.43. The van der Waals surface area contributed by atoms with E-state index in [1.165, 1.54) is 0 Å². The number of sulfonamides is 1. The number of carbonyl (C=O) groups excluding carboxylic acids is 1. The molecule has 0 spiro atoms. The molecule has 0 aliphatic carbocycles. The van der Waals surface area contributed by atoms with Gasteiger partial charge in [-0.25, -0.2) is 13.2 Å². The first kappa shape index (κ1) is 17.3. The van der Waals surface area contributed by atoms with Crippen molar-refractivity contribution in [2.24, 2.45) is 0 Å². The highest BCUT2D eigenvalue weighted by Crippen LogP contribution is 2.20. The van der Waals surface area contributed by atoms with Crippen molar-refractivity contribution in [1.29, 1.82) is 0 Å². The van der Waals surface area contributed by atoms with Gasteiger partial charge in [-0.15, -0.1) is 0 Å². The Morgan fingerprint density at radius 2 is 1.48 bits per heavy atom. The molecule has 2 aromatic carbocycles. The Labute approximate surface area is 143 Å². The van der Waals surface area contributed by atoms with Gasteiger partial charge in [-0.3, -0.25) is 4.72 Å². The number of rotatable bonds is 4. The lowest BCUT2D eigenvalue weighted by Gasteiger charge is -2.10. The van der Waals surface area contributed by atoms with Crippen molar-refractivity contribution in [1.82, 2.24) is 0 Å². The largest absolute Gasteiger partial charge is 0.323 e. The van der Waals surface area contributed by atoms with Gasteiger partial charge in [0.25, 0.3) is 0 Å². The number of halogens is 1. The number of hydrogen-bond acceptors (Lipinski definition) is 3. The molecule has 0 radical (unpaired) electrons. The molecule has 8 heteroatoms. The molecule has 0 bridgehead atoms. The molecule has 3 N–H and O–H groups in total. The Kier molecular flexibility index (Phi) is 5.27. The van der Waals surface area contributed by atoms with Crippen LogP contribution < -0.4 is 15.4 Å². The number of amides is 2. The number of benzene rings is 2. The number of hydrogen-bond donors (Lipinski definition) is 3. The molecule has 0 atom stereocenters. The van der Waals surface area contributed by atoms with Gasteiger partial charge >= 0.3 is 6.03 Å². The van der Waals surface area contributed by atoms with Gasteiger partial charge in [0, 0.05) is 21.5 Å². The number of carbonyl (C=O) groups is 1. The molecule has 2 aromatic rings. The van der Waals surface area contributed by atoms with Gasteiger partial charge in [-0.1, -0.05) is 15.9 Å². The first-order valence-corrected chi connectivity index (χ1v) is 9.33. The first-order chi connectivity index (χ1) is 10.7. The number of aryl methyl sites for hydroxylation is 1. The zero-order valence-corrected chi connectivity index (χ0v) is 15.0. The molecular formula is C15H16BrN3O3S. The average molecular weight is 398 g/mol. The molecule has 0 unspecified atom stereocenters. The Bertz CT molecular complexity index is 820. The van der Waals surface area contributed by atoms with Crippen molar-refractivity contribution in [3.05, 3.63) is 52.5 Å². The minimum atomic E-state index is -3.31. The predicted molar refractivity (Wildman–Crippen MR) is 96.4 cm³/mol. The van der Waals surface area contributed by atoms with Crippen LogP contribution in [0, 0.1) is 6.92 Å². The van der Waals surface area contributed by atoms with Gasteiger partial charge in [0.2, 0.25) is 10.0 Å². The maximum atomic E-state index is 11.9. The quantitative estimate of drug-likeness (QED) is 0.733. The van der Waals surface area contributed by atoms with E-state index in [-0.39, 0.29) is 6.03 Å². The standard InChI is InChI=1S/C15H16BrN3O3S/c1-10-9-13(7-8-14(10)16)18-15(20)17-11-3-5-12(6-4-11)19-23(2,21)22/h3-9,19H,1-2H3,(H2,17,18,20). The summed E-state index contributed by atoms with van der Waals surface area (Å²) in [6, 6.07) is 11.5. The lowest BCUT2D eigenvalue weighted by molar-refractivity contribution is 0.262. The number of anilines is 3. The Balaban J connectivity index is 1.98. The van der Waals surface area contributed by atoms with Crippen LogP contribution in [-0.2, 0) is 10.0 Å². The van der Waals surface area contributed by atoms with Crippen molar-refractivity contribution in [3.63, 3.8) is 0 Å². The van der Waals surface area contributed by atoms with Crippen molar-refractivity contribution >= 4 is 49.0 Å². The van der Waals surface area contributed by atoms with Crippen molar-refractivity contribution in [2.45, 2.75) is 6.92 Å². The molecule has 0 fully saturated rings. The fourth-order valence-electron chi connectivity index (χ4n) is 1.85. The third-order valence-corrected chi connectivity index (χ3v) is 4.36. The molecule has 122 valence electrons. The first-order valence-electron chi connectivity index (χ1n) is 6.65. The summed E-state index contributed by atoms with van der Waals surface area (Å²) in [4.78, 5) is 11.9. The third kappa shape index (κ3) is 5.57. The summed E-state index contributed by atoms with van der Waals surface area (Å²) in [6.07, 6.45) is 1.08. The van der Waals surface area contributed by atoms with Crippen LogP contribution in [0.4, 0.5) is 21.9 Å². The van der Waals surface area contributed by atoms with Crippen LogP contribution in [0.15, 0.2) is 46.9 Å². The summed E-state index contributed by atoms with van der Waals surface area (Å²) >= 11 is 3.40. The van der Waals surface area contributed by atoms with Gasteiger partial charge in [0.05, 0.1) is 6.26 Å². The fraction of sp³-hybridized carbons (Fsp3) is 0.133. The van der Waals surface area contributed by atoms with Gasteiger partial charge in [0.15, 0.2) is 0 Å². The van der Waals surface area contributed by atoms with Crippen LogP contribution in [0.1, 0.15) is 5.56 Å². The number of nitrogens with one attached hydrogen (secondary N) is 3. The highest BCUT2D eigenvalue weighted by Gasteiger charge is 2.05. The lowest BCUT2D eigenvalue weighted by Crippen LogP contribution is -2.19. The fourth-order valence-corrected chi connectivity index (χ4v) is 2.66. The molecule has 0 saturated heterocycles. The zero-order chi connectivity index (χ0) is 17.0. The van der Waals surface area contributed by atoms with E-state index in [9.17, 15) is 13.2 Å². The molecule has 2 rings (SSSR count). The van der Waals surface area contributed by atoms with Crippen LogP contribution in [0.3, 0.4) is 0 Å². The Morgan fingerprint density at radius 1 is 0.957 bits per heavy atom. The second-order valence-electron chi connectivity index (χ2n) is 4.99. The van der Waals surface area contributed by atoms with E-state index in [1.807, 2.05) is 19.1 Å². The maximum absolute atomic E-state index is 11.9. The van der Waals surface area contributed by atoms with Crippen molar-refractivity contribution in [3.8, 4) is 0 Å². The van der Waals surface area contributed by atoms with E-state index in [0.717, 1.165) is 16.3 Å². The molecule has 0 heterocycles. The number of urea groups is 1. The minimum absolute atomic E-state index is 0.379. The van der Waals surface area contributed by atoms with Crippen LogP contribution >= 0.6 is 15.9 Å². The van der Waals surface area contributed by atoms with Gasteiger partial charge in [-0.05, 0) is 55.0 Å². The predicted octanol–water partition coefficient (Wildman–Crippen LogP) is 3.77. The van der Waals surface area contributed by atoms with Crippen LogP contribution in [0.2, 0.25) is 0 Å². The topological polar surface area (TPSA) is 87.3 Å². The van der Waals surface area contributed by atoms with Gasteiger partial charge in [-0.2, -0.15) is 0 Å². The maximum Gasteiger partial charge on any atom is 0.323 e.